The van der Waals surface area contributed by atoms with Crippen molar-refractivity contribution in [1.82, 2.24) is 15.3 Å². The average molecular weight is 414 g/mol. The summed E-state index contributed by atoms with van der Waals surface area (Å²) < 4.78 is 20.1. The highest BCUT2D eigenvalue weighted by atomic mass is 19.1. The topological polar surface area (TPSA) is 90.9 Å². The van der Waals surface area contributed by atoms with Gasteiger partial charge in [0.15, 0.2) is 0 Å². The van der Waals surface area contributed by atoms with Crippen molar-refractivity contribution in [2.24, 2.45) is 0 Å². The van der Waals surface area contributed by atoms with Crippen LogP contribution in [0.2, 0.25) is 0 Å². The number of benzene rings is 1. The van der Waals surface area contributed by atoms with E-state index in [1.54, 1.807) is 30.6 Å². The summed E-state index contributed by atoms with van der Waals surface area (Å²) in [6.45, 7) is 4.54. The predicted octanol–water partition coefficient (Wildman–Crippen LogP) is 1.40. The van der Waals surface area contributed by atoms with Gasteiger partial charge >= 0.3 is 6.09 Å². The zero-order valence-corrected chi connectivity index (χ0v) is 16.6. The van der Waals surface area contributed by atoms with Crippen LogP contribution in [-0.2, 0) is 9.53 Å². The maximum atomic E-state index is 14.9. The van der Waals surface area contributed by atoms with Gasteiger partial charge in [0.25, 0.3) is 0 Å². The SMILES string of the molecule is CC(=O)NC[C@H]1CN(c2ccc(N3CCN(c4ncccn4)CC3)c(F)c2)C(=O)O1. The predicted molar refractivity (Wildman–Crippen MR) is 109 cm³/mol. The van der Waals surface area contributed by atoms with E-state index in [0.29, 0.717) is 43.5 Å². The number of piperazine rings is 1. The Hall–Kier alpha value is -3.43. The molecule has 2 fully saturated rings. The minimum absolute atomic E-state index is 0.196. The van der Waals surface area contributed by atoms with Crippen LogP contribution in [0, 0.1) is 5.82 Å². The van der Waals surface area contributed by atoms with Crippen molar-refractivity contribution >= 4 is 29.3 Å². The molecule has 1 atom stereocenters. The van der Waals surface area contributed by atoms with Crippen LogP contribution >= 0.6 is 0 Å². The lowest BCUT2D eigenvalue weighted by atomic mass is 10.2. The Bertz CT molecular complexity index is 920. The first-order chi connectivity index (χ1) is 14.5. The lowest BCUT2D eigenvalue weighted by molar-refractivity contribution is -0.119. The second-order valence-electron chi connectivity index (χ2n) is 7.21. The number of cyclic esters (lactones) is 1. The molecule has 1 N–H and O–H groups in total. The summed E-state index contributed by atoms with van der Waals surface area (Å²) in [5.41, 5.74) is 0.928. The minimum Gasteiger partial charge on any atom is -0.442 e. The van der Waals surface area contributed by atoms with Crippen molar-refractivity contribution in [1.29, 1.82) is 0 Å². The molecule has 30 heavy (non-hydrogen) atoms. The first-order valence-corrected chi connectivity index (χ1v) is 9.80. The Kier molecular flexibility index (Phi) is 5.64. The molecule has 0 aliphatic carbocycles. The van der Waals surface area contributed by atoms with E-state index in [1.807, 2.05) is 4.90 Å². The Balaban J connectivity index is 1.39. The molecule has 9 nitrogen and oxygen atoms in total. The number of hydrogen-bond acceptors (Lipinski definition) is 7. The number of amides is 2. The lowest BCUT2D eigenvalue weighted by Gasteiger charge is -2.36. The van der Waals surface area contributed by atoms with Crippen LogP contribution in [-0.4, -0.2) is 67.3 Å². The number of halogens is 1. The maximum absolute atomic E-state index is 14.9. The van der Waals surface area contributed by atoms with E-state index in [-0.39, 0.29) is 19.0 Å². The van der Waals surface area contributed by atoms with E-state index in [1.165, 1.54) is 17.9 Å². The van der Waals surface area contributed by atoms with Crippen molar-refractivity contribution in [2.75, 3.05) is 54.0 Å². The molecule has 0 unspecified atom stereocenters. The molecule has 3 heterocycles. The quantitative estimate of drug-likeness (QED) is 0.791. The van der Waals surface area contributed by atoms with Crippen LogP contribution in [0.5, 0.6) is 0 Å². The van der Waals surface area contributed by atoms with Crippen molar-refractivity contribution in [3.8, 4) is 0 Å². The van der Waals surface area contributed by atoms with Gasteiger partial charge in [-0.05, 0) is 24.3 Å². The van der Waals surface area contributed by atoms with Crippen LogP contribution in [0.1, 0.15) is 6.92 Å². The third kappa shape index (κ3) is 4.27. The normalized spacial score (nSPS) is 19.1. The van der Waals surface area contributed by atoms with E-state index in [0.717, 1.165) is 0 Å². The monoisotopic (exact) mass is 414 g/mol. The summed E-state index contributed by atoms with van der Waals surface area (Å²) in [5, 5.41) is 2.62. The largest absolute Gasteiger partial charge is 0.442 e. The van der Waals surface area contributed by atoms with Crippen molar-refractivity contribution in [2.45, 2.75) is 13.0 Å². The van der Waals surface area contributed by atoms with Crippen LogP contribution in [0.4, 0.5) is 26.5 Å². The molecule has 10 heteroatoms. The van der Waals surface area contributed by atoms with Gasteiger partial charge in [-0.25, -0.2) is 19.2 Å². The average Bonchev–Trinajstić information content (AvgIpc) is 3.13. The first-order valence-electron chi connectivity index (χ1n) is 9.80. The smallest absolute Gasteiger partial charge is 0.414 e. The molecule has 4 rings (SSSR count). The number of anilines is 3. The number of aromatic nitrogens is 2. The summed E-state index contributed by atoms with van der Waals surface area (Å²) in [6, 6.07) is 6.53. The standard InChI is InChI=1S/C20H23FN6O3/c1-14(28)24-12-16-13-27(20(29)30-16)15-3-4-18(17(21)11-15)25-7-9-26(10-8-25)19-22-5-2-6-23-19/h2-6,11,16H,7-10,12-13H2,1H3,(H,24,28)/t16-/m0/s1. The van der Waals surface area contributed by atoms with E-state index in [2.05, 4.69) is 20.2 Å². The van der Waals surface area contributed by atoms with Crippen molar-refractivity contribution in [3.05, 3.63) is 42.5 Å². The van der Waals surface area contributed by atoms with Gasteiger partial charge in [0.05, 0.1) is 24.5 Å². The van der Waals surface area contributed by atoms with Crippen molar-refractivity contribution in [3.63, 3.8) is 0 Å². The molecule has 0 spiro atoms. The Morgan fingerprint density at radius 2 is 1.90 bits per heavy atom. The van der Waals surface area contributed by atoms with E-state index >= 15 is 0 Å². The third-order valence-electron chi connectivity index (χ3n) is 5.15. The highest BCUT2D eigenvalue weighted by molar-refractivity contribution is 5.90. The molecule has 0 radical (unpaired) electrons. The highest BCUT2D eigenvalue weighted by Crippen LogP contribution is 2.28. The second-order valence-corrected chi connectivity index (χ2v) is 7.21. The van der Waals surface area contributed by atoms with Gasteiger partial charge in [0.2, 0.25) is 11.9 Å². The molecular weight excluding hydrogens is 391 g/mol. The fourth-order valence-corrected chi connectivity index (χ4v) is 3.62. The molecule has 2 aliphatic rings. The molecule has 2 aliphatic heterocycles. The first kappa shape index (κ1) is 19.9. The zero-order chi connectivity index (χ0) is 21.1. The van der Waals surface area contributed by atoms with Gasteiger partial charge in [0, 0.05) is 45.5 Å². The number of rotatable bonds is 5. The maximum Gasteiger partial charge on any atom is 0.414 e. The van der Waals surface area contributed by atoms with Crippen LogP contribution in [0.25, 0.3) is 0 Å². The summed E-state index contributed by atoms with van der Waals surface area (Å²) in [4.78, 5) is 37.1. The fraction of sp³-hybridized carbons (Fsp3) is 0.400. The fourth-order valence-electron chi connectivity index (χ4n) is 3.62. The summed E-state index contributed by atoms with van der Waals surface area (Å²) >= 11 is 0. The number of nitrogens with zero attached hydrogens (tertiary/aromatic N) is 5. The van der Waals surface area contributed by atoms with E-state index < -0.39 is 18.0 Å². The highest BCUT2D eigenvalue weighted by Gasteiger charge is 2.33. The molecule has 1 aromatic carbocycles. The van der Waals surface area contributed by atoms with E-state index in [9.17, 15) is 14.0 Å². The number of carbonyl (C=O) groups is 2. The van der Waals surface area contributed by atoms with Gasteiger partial charge in [-0.1, -0.05) is 0 Å². The van der Waals surface area contributed by atoms with Crippen LogP contribution in [0.15, 0.2) is 36.7 Å². The van der Waals surface area contributed by atoms with Crippen LogP contribution < -0.4 is 20.0 Å². The Morgan fingerprint density at radius 3 is 2.57 bits per heavy atom. The van der Waals surface area contributed by atoms with Gasteiger partial charge < -0.3 is 19.9 Å². The number of ether oxygens (including phenoxy) is 1. The van der Waals surface area contributed by atoms with Gasteiger partial charge in [-0.2, -0.15) is 0 Å². The Labute approximate surface area is 173 Å². The summed E-state index contributed by atoms with van der Waals surface area (Å²) in [6.07, 6.45) is 2.40. The van der Waals surface area contributed by atoms with Crippen LogP contribution in [0.3, 0.4) is 0 Å². The molecule has 2 amide bonds. The summed E-state index contributed by atoms with van der Waals surface area (Å²) in [7, 11) is 0. The molecule has 0 bridgehead atoms. The van der Waals surface area contributed by atoms with Gasteiger partial charge in [0.1, 0.15) is 11.9 Å². The number of hydrogen-bond donors (Lipinski definition) is 1. The molecule has 2 aromatic rings. The van der Waals surface area contributed by atoms with Gasteiger partial charge in [-0.15, -0.1) is 0 Å². The molecule has 2 saturated heterocycles. The summed E-state index contributed by atoms with van der Waals surface area (Å²) in [5.74, 6) is 0.0863. The van der Waals surface area contributed by atoms with E-state index in [4.69, 9.17) is 4.74 Å². The Morgan fingerprint density at radius 1 is 1.20 bits per heavy atom. The second kappa shape index (κ2) is 8.52. The molecule has 0 saturated carbocycles. The molecule has 1 aromatic heterocycles. The molecule has 158 valence electrons. The van der Waals surface area contributed by atoms with Gasteiger partial charge in [-0.3, -0.25) is 9.69 Å². The zero-order valence-electron chi connectivity index (χ0n) is 16.6. The molecular formula is C20H23FN6O3. The lowest BCUT2D eigenvalue weighted by Crippen LogP contribution is -2.47. The number of nitrogens with one attached hydrogen (secondary N) is 1. The third-order valence-corrected chi connectivity index (χ3v) is 5.15. The van der Waals surface area contributed by atoms with Crippen molar-refractivity contribution < 1.29 is 18.7 Å². The number of carbonyl (C=O) groups excluding carboxylic acids is 2. The minimum atomic E-state index is -0.547.